The molecule has 0 aliphatic rings. The SMILES string of the molecule is Cc1ccc(COc2ccc(/C=N/NC(=O)C(=O)Nc3ccc(C)c(Cl)c3)cc2)cc1. The van der Waals surface area contributed by atoms with Crippen molar-refractivity contribution < 1.29 is 14.3 Å². The van der Waals surface area contributed by atoms with Crippen LogP contribution in [0, 0.1) is 13.8 Å². The van der Waals surface area contributed by atoms with Crippen LogP contribution in [0.25, 0.3) is 0 Å². The number of rotatable bonds is 6. The Morgan fingerprint density at radius 2 is 1.68 bits per heavy atom. The summed E-state index contributed by atoms with van der Waals surface area (Å²) >= 11 is 6.01. The zero-order chi connectivity index (χ0) is 22.2. The molecule has 6 nitrogen and oxygen atoms in total. The van der Waals surface area contributed by atoms with Gasteiger partial charge in [0, 0.05) is 10.7 Å². The smallest absolute Gasteiger partial charge is 0.329 e. The van der Waals surface area contributed by atoms with Crippen molar-refractivity contribution in [3.8, 4) is 5.75 Å². The molecule has 0 spiro atoms. The Balaban J connectivity index is 1.47. The van der Waals surface area contributed by atoms with Gasteiger partial charge in [-0.05, 0) is 66.9 Å². The third-order valence-electron chi connectivity index (χ3n) is 4.42. The van der Waals surface area contributed by atoms with Crippen LogP contribution in [0.3, 0.4) is 0 Å². The van der Waals surface area contributed by atoms with E-state index in [1.807, 2.05) is 50.2 Å². The van der Waals surface area contributed by atoms with E-state index in [0.717, 1.165) is 22.4 Å². The number of hydrazone groups is 1. The molecular formula is C24H22ClN3O3. The van der Waals surface area contributed by atoms with Crippen molar-refractivity contribution >= 4 is 35.3 Å². The molecule has 0 unspecified atom stereocenters. The maximum absolute atomic E-state index is 11.9. The predicted octanol–water partition coefficient (Wildman–Crippen LogP) is 4.62. The van der Waals surface area contributed by atoms with Crippen molar-refractivity contribution in [2.24, 2.45) is 5.10 Å². The fraction of sp³-hybridized carbons (Fsp3) is 0.125. The standard InChI is InChI=1S/C24H22ClN3O3/c1-16-3-6-19(7-4-16)15-31-21-11-8-18(9-12-21)14-26-28-24(30)23(29)27-20-10-5-17(2)22(25)13-20/h3-14H,15H2,1-2H3,(H,27,29)(H,28,30)/b26-14+. The lowest BCUT2D eigenvalue weighted by Crippen LogP contribution is -2.32. The lowest BCUT2D eigenvalue weighted by molar-refractivity contribution is -0.136. The number of carbonyl (C=O) groups excluding carboxylic acids is 2. The molecule has 0 bridgehead atoms. The summed E-state index contributed by atoms with van der Waals surface area (Å²) in [5.41, 5.74) is 6.54. The molecule has 3 rings (SSSR count). The average molecular weight is 436 g/mol. The number of nitrogens with one attached hydrogen (secondary N) is 2. The molecule has 2 N–H and O–H groups in total. The second-order valence-electron chi connectivity index (χ2n) is 6.96. The molecular weight excluding hydrogens is 414 g/mol. The summed E-state index contributed by atoms with van der Waals surface area (Å²) in [6, 6.07) is 20.4. The van der Waals surface area contributed by atoms with Gasteiger partial charge in [-0.3, -0.25) is 9.59 Å². The van der Waals surface area contributed by atoms with Crippen molar-refractivity contribution in [3.05, 3.63) is 94.0 Å². The van der Waals surface area contributed by atoms with E-state index in [1.54, 1.807) is 30.3 Å². The highest BCUT2D eigenvalue weighted by Crippen LogP contribution is 2.19. The van der Waals surface area contributed by atoms with Crippen molar-refractivity contribution in [1.29, 1.82) is 0 Å². The van der Waals surface area contributed by atoms with Crippen LogP contribution in [-0.2, 0) is 16.2 Å². The van der Waals surface area contributed by atoms with Gasteiger partial charge in [-0.2, -0.15) is 5.10 Å². The second kappa shape index (κ2) is 10.4. The van der Waals surface area contributed by atoms with Crippen molar-refractivity contribution in [2.75, 3.05) is 5.32 Å². The lowest BCUT2D eigenvalue weighted by atomic mass is 10.2. The molecule has 7 heteroatoms. The first-order chi connectivity index (χ1) is 14.9. The molecule has 0 heterocycles. The van der Waals surface area contributed by atoms with Gasteiger partial charge < -0.3 is 10.1 Å². The molecule has 0 atom stereocenters. The van der Waals surface area contributed by atoms with Crippen LogP contribution in [0.5, 0.6) is 5.75 Å². The maximum atomic E-state index is 11.9. The first kappa shape index (κ1) is 22.1. The summed E-state index contributed by atoms with van der Waals surface area (Å²) in [7, 11) is 0. The molecule has 0 saturated carbocycles. The van der Waals surface area contributed by atoms with E-state index < -0.39 is 11.8 Å². The third-order valence-corrected chi connectivity index (χ3v) is 4.83. The summed E-state index contributed by atoms with van der Waals surface area (Å²) in [6.07, 6.45) is 1.44. The van der Waals surface area contributed by atoms with Gasteiger partial charge in [0.1, 0.15) is 12.4 Å². The minimum absolute atomic E-state index is 0.431. The van der Waals surface area contributed by atoms with Gasteiger partial charge in [0.05, 0.1) is 6.21 Å². The molecule has 0 aliphatic heterocycles. The molecule has 2 amide bonds. The van der Waals surface area contributed by atoms with Crippen LogP contribution in [-0.4, -0.2) is 18.0 Å². The normalized spacial score (nSPS) is 10.7. The molecule has 0 radical (unpaired) electrons. The number of aryl methyl sites for hydroxylation is 2. The van der Waals surface area contributed by atoms with E-state index in [1.165, 1.54) is 11.8 Å². The van der Waals surface area contributed by atoms with Gasteiger partial charge in [0.15, 0.2) is 0 Å². The van der Waals surface area contributed by atoms with E-state index in [-0.39, 0.29) is 0 Å². The van der Waals surface area contributed by atoms with E-state index in [0.29, 0.717) is 17.3 Å². The number of nitrogens with zero attached hydrogens (tertiary/aromatic N) is 1. The minimum Gasteiger partial charge on any atom is -0.489 e. The lowest BCUT2D eigenvalue weighted by Gasteiger charge is -2.07. The van der Waals surface area contributed by atoms with Crippen molar-refractivity contribution in [1.82, 2.24) is 5.43 Å². The van der Waals surface area contributed by atoms with Crippen molar-refractivity contribution in [2.45, 2.75) is 20.5 Å². The van der Waals surface area contributed by atoms with Crippen LogP contribution in [0.1, 0.15) is 22.3 Å². The van der Waals surface area contributed by atoms with Gasteiger partial charge in [-0.1, -0.05) is 47.5 Å². The molecule has 3 aromatic carbocycles. The average Bonchev–Trinajstić information content (AvgIpc) is 2.76. The van der Waals surface area contributed by atoms with Gasteiger partial charge in [0.25, 0.3) is 0 Å². The van der Waals surface area contributed by atoms with E-state index in [4.69, 9.17) is 16.3 Å². The van der Waals surface area contributed by atoms with Crippen LogP contribution < -0.4 is 15.5 Å². The largest absolute Gasteiger partial charge is 0.489 e. The number of ether oxygens (including phenoxy) is 1. The number of carbonyl (C=O) groups is 2. The minimum atomic E-state index is -0.883. The topological polar surface area (TPSA) is 79.8 Å². The Labute approximate surface area is 185 Å². The fourth-order valence-electron chi connectivity index (χ4n) is 2.58. The number of hydrogen-bond acceptors (Lipinski definition) is 4. The zero-order valence-electron chi connectivity index (χ0n) is 17.2. The van der Waals surface area contributed by atoms with Gasteiger partial charge >= 0.3 is 11.8 Å². The first-order valence-corrected chi connectivity index (χ1v) is 9.97. The summed E-state index contributed by atoms with van der Waals surface area (Å²) in [5, 5.41) is 6.79. The van der Waals surface area contributed by atoms with Gasteiger partial charge in [-0.25, -0.2) is 5.43 Å². The monoisotopic (exact) mass is 435 g/mol. The molecule has 31 heavy (non-hydrogen) atoms. The Hall–Kier alpha value is -3.64. The molecule has 0 fully saturated rings. The Morgan fingerprint density at radius 1 is 0.968 bits per heavy atom. The fourth-order valence-corrected chi connectivity index (χ4v) is 2.76. The van der Waals surface area contributed by atoms with Crippen LogP contribution >= 0.6 is 11.6 Å². The maximum Gasteiger partial charge on any atom is 0.329 e. The number of amides is 2. The Kier molecular flexibility index (Phi) is 7.40. The predicted molar refractivity (Wildman–Crippen MR) is 123 cm³/mol. The van der Waals surface area contributed by atoms with E-state index >= 15 is 0 Å². The molecule has 3 aromatic rings. The molecule has 0 saturated heterocycles. The zero-order valence-corrected chi connectivity index (χ0v) is 17.9. The number of benzene rings is 3. The number of anilines is 1. The number of hydrogen-bond donors (Lipinski definition) is 2. The Bertz CT molecular complexity index is 1090. The summed E-state index contributed by atoms with van der Waals surface area (Å²) in [5.74, 6) is -0.999. The number of halogens is 1. The molecule has 158 valence electrons. The Morgan fingerprint density at radius 3 is 2.35 bits per heavy atom. The van der Waals surface area contributed by atoms with Gasteiger partial charge in [-0.15, -0.1) is 0 Å². The highest BCUT2D eigenvalue weighted by atomic mass is 35.5. The third kappa shape index (κ3) is 6.69. The van der Waals surface area contributed by atoms with Crippen LogP contribution in [0.2, 0.25) is 5.02 Å². The van der Waals surface area contributed by atoms with Crippen molar-refractivity contribution in [3.63, 3.8) is 0 Å². The van der Waals surface area contributed by atoms with Crippen LogP contribution in [0.4, 0.5) is 5.69 Å². The first-order valence-electron chi connectivity index (χ1n) is 9.59. The summed E-state index contributed by atoms with van der Waals surface area (Å²) in [6.45, 7) is 4.36. The second-order valence-corrected chi connectivity index (χ2v) is 7.37. The highest BCUT2D eigenvalue weighted by Gasteiger charge is 2.13. The quantitative estimate of drug-likeness (QED) is 0.336. The van der Waals surface area contributed by atoms with E-state index in [9.17, 15) is 9.59 Å². The summed E-state index contributed by atoms with van der Waals surface area (Å²) in [4.78, 5) is 23.8. The molecule has 0 aliphatic carbocycles. The van der Waals surface area contributed by atoms with Gasteiger partial charge in [0.2, 0.25) is 0 Å². The van der Waals surface area contributed by atoms with E-state index in [2.05, 4.69) is 15.8 Å². The molecule has 0 aromatic heterocycles. The summed E-state index contributed by atoms with van der Waals surface area (Å²) < 4.78 is 5.76. The highest BCUT2D eigenvalue weighted by molar-refractivity contribution is 6.39. The van der Waals surface area contributed by atoms with Crippen LogP contribution in [0.15, 0.2) is 71.8 Å².